The van der Waals surface area contributed by atoms with E-state index < -0.39 is 11.6 Å². The number of aromatic hydroxyl groups is 1. The zero-order chi connectivity index (χ0) is 19.4. The third kappa shape index (κ3) is 2.63. The maximum absolute atomic E-state index is 14.5. The number of rotatable bonds is 2. The number of anilines is 1. The van der Waals surface area contributed by atoms with Crippen LogP contribution in [0, 0.1) is 5.82 Å². The van der Waals surface area contributed by atoms with Gasteiger partial charge in [-0.25, -0.2) is 19.3 Å². The molecule has 0 bridgehead atoms. The van der Waals surface area contributed by atoms with E-state index in [4.69, 9.17) is 5.73 Å². The van der Waals surface area contributed by atoms with Gasteiger partial charge in [0.05, 0.1) is 17.3 Å². The Labute approximate surface area is 159 Å². The molecule has 1 fully saturated rings. The molecule has 3 N–H and O–H groups in total. The lowest BCUT2D eigenvalue weighted by molar-refractivity contribution is 0.437. The van der Waals surface area contributed by atoms with Crippen molar-refractivity contribution in [3.8, 4) is 17.1 Å². The van der Waals surface area contributed by atoms with Gasteiger partial charge in [-0.3, -0.25) is 4.68 Å². The number of pyridine rings is 1. The molecule has 3 aromatic heterocycles. The predicted molar refractivity (Wildman–Crippen MR) is 103 cm³/mol. The lowest BCUT2D eigenvalue weighted by Crippen LogP contribution is -2.26. The van der Waals surface area contributed by atoms with Crippen LogP contribution in [0.2, 0.25) is 0 Å². The van der Waals surface area contributed by atoms with E-state index in [1.807, 2.05) is 12.1 Å². The van der Waals surface area contributed by atoms with Crippen molar-refractivity contribution >= 4 is 27.8 Å². The van der Waals surface area contributed by atoms with E-state index in [0.717, 1.165) is 25.3 Å². The van der Waals surface area contributed by atoms with Gasteiger partial charge in [-0.1, -0.05) is 0 Å². The normalized spacial score (nSPS) is 17.1. The second-order valence-corrected chi connectivity index (χ2v) is 7.09. The van der Waals surface area contributed by atoms with Crippen LogP contribution in [-0.4, -0.2) is 49.0 Å². The third-order valence-corrected chi connectivity index (χ3v) is 5.04. The zero-order valence-corrected chi connectivity index (χ0v) is 15.2. The molecule has 0 radical (unpaired) electrons. The lowest BCUT2D eigenvalue weighted by atomic mass is 10.1. The first-order valence-corrected chi connectivity index (χ1v) is 8.99. The van der Waals surface area contributed by atoms with Gasteiger partial charge in [-0.05, 0) is 24.6 Å². The molecule has 142 valence electrons. The zero-order valence-electron chi connectivity index (χ0n) is 15.2. The predicted octanol–water partition coefficient (Wildman–Crippen LogP) is 1.96. The highest BCUT2D eigenvalue weighted by molar-refractivity contribution is 5.88. The summed E-state index contributed by atoms with van der Waals surface area (Å²) in [7, 11) is 1.69. The molecule has 1 saturated heterocycles. The minimum Gasteiger partial charge on any atom is -0.504 e. The molecule has 4 heterocycles. The molecular formula is C19H18FN7O. The first-order chi connectivity index (χ1) is 13.5. The van der Waals surface area contributed by atoms with Crippen molar-refractivity contribution in [1.82, 2.24) is 24.7 Å². The largest absolute Gasteiger partial charge is 0.504 e. The van der Waals surface area contributed by atoms with Gasteiger partial charge in [-0.15, -0.1) is 0 Å². The first kappa shape index (κ1) is 16.8. The van der Waals surface area contributed by atoms with Gasteiger partial charge >= 0.3 is 0 Å². The van der Waals surface area contributed by atoms with E-state index in [9.17, 15) is 9.50 Å². The first-order valence-electron chi connectivity index (χ1n) is 8.99. The summed E-state index contributed by atoms with van der Waals surface area (Å²) >= 11 is 0. The van der Waals surface area contributed by atoms with Crippen molar-refractivity contribution < 1.29 is 9.50 Å². The van der Waals surface area contributed by atoms with Crippen LogP contribution in [-0.2, 0) is 7.05 Å². The third-order valence-electron chi connectivity index (χ3n) is 5.04. The number of phenols is 1. The number of nitrogens with two attached hydrogens (primary N) is 1. The Kier molecular flexibility index (Phi) is 3.66. The molecule has 8 nitrogen and oxygen atoms in total. The standard InChI is InChI=1S/C19H18FN7O/c1-26-8-10-6-12(18(28)16(20)17(10)25-26)19-22-7-14-13(24-19)2-3-15(23-14)27-5-4-11(21)9-27/h2-3,6-8,11,28H,4-5,9,21H2,1H3/t11-/m0/s1. The maximum atomic E-state index is 14.5. The van der Waals surface area contributed by atoms with E-state index in [0.29, 0.717) is 16.4 Å². The average molecular weight is 379 g/mol. The number of phenolic OH excluding ortho intramolecular Hbond substituents is 1. The van der Waals surface area contributed by atoms with E-state index in [2.05, 4.69) is 25.0 Å². The summed E-state index contributed by atoms with van der Waals surface area (Å²) in [6.07, 6.45) is 4.20. The minimum absolute atomic E-state index is 0.111. The molecule has 0 amide bonds. The summed E-state index contributed by atoms with van der Waals surface area (Å²) in [5.41, 5.74) is 7.54. The van der Waals surface area contributed by atoms with Crippen LogP contribution < -0.4 is 10.6 Å². The highest BCUT2D eigenvalue weighted by atomic mass is 19.1. The number of fused-ring (bicyclic) bond motifs is 2. The fraction of sp³-hybridized carbons (Fsp3) is 0.263. The molecule has 0 spiro atoms. The molecule has 0 unspecified atom stereocenters. The van der Waals surface area contributed by atoms with E-state index >= 15 is 0 Å². The number of hydrogen-bond acceptors (Lipinski definition) is 7. The van der Waals surface area contributed by atoms with Crippen LogP contribution in [0.5, 0.6) is 5.75 Å². The Bertz CT molecular complexity index is 1220. The van der Waals surface area contributed by atoms with Crippen LogP contribution in [0.25, 0.3) is 33.3 Å². The van der Waals surface area contributed by atoms with Crippen molar-refractivity contribution in [1.29, 1.82) is 0 Å². The summed E-state index contributed by atoms with van der Waals surface area (Å²) < 4.78 is 16.0. The van der Waals surface area contributed by atoms with Gasteiger partial charge in [0, 0.05) is 37.8 Å². The Morgan fingerprint density at radius 2 is 2.11 bits per heavy atom. The topological polar surface area (TPSA) is 106 Å². The van der Waals surface area contributed by atoms with Gasteiger partial charge in [0.1, 0.15) is 16.9 Å². The summed E-state index contributed by atoms with van der Waals surface area (Å²) in [4.78, 5) is 15.5. The summed E-state index contributed by atoms with van der Waals surface area (Å²) in [5, 5.41) is 14.9. The second kappa shape index (κ2) is 6.10. The molecule has 0 saturated carbocycles. The molecule has 1 atom stereocenters. The van der Waals surface area contributed by atoms with Gasteiger partial charge in [-0.2, -0.15) is 5.10 Å². The van der Waals surface area contributed by atoms with Crippen molar-refractivity contribution in [2.75, 3.05) is 18.0 Å². The second-order valence-electron chi connectivity index (χ2n) is 7.09. The quantitative estimate of drug-likeness (QED) is 0.548. The summed E-state index contributed by atoms with van der Waals surface area (Å²) in [6, 6.07) is 5.54. The molecule has 1 aliphatic rings. The number of halogens is 1. The fourth-order valence-electron chi connectivity index (χ4n) is 3.62. The Morgan fingerprint density at radius 1 is 1.25 bits per heavy atom. The fourth-order valence-corrected chi connectivity index (χ4v) is 3.62. The Balaban J connectivity index is 1.58. The summed E-state index contributed by atoms with van der Waals surface area (Å²) in [6.45, 7) is 1.65. The smallest absolute Gasteiger partial charge is 0.193 e. The van der Waals surface area contributed by atoms with Crippen LogP contribution in [0.1, 0.15) is 6.42 Å². The molecular weight excluding hydrogens is 361 g/mol. The Morgan fingerprint density at radius 3 is 2.89 bits per heavy atom. The van der Waals surface area contributed by atoms with Crippen molar-refractivity contribution in [3.63, 3.8) is 0 Å². The highest BCUT2D eigenvalue weighted by Crippen LogP contribution is 2.35. The molecule has 5 rings (SSSR count). The van der Waals surface area contributed by atoms with Crippen molar-refractivity contribution in [2.24, 2.45) is 12.8 Å². The van der Waals surface area contributed by atoms with Crippen LogP contribution in [0.15, 0.2) is 30.6 Å². The van der Waals surface area contributed by atoms with Gasteiger partial charge < -0.3 is 15.7 Å². The number of hydrogen-bond donors (Lipinski definition) is 2. The highest BCUT2D eigenvalue weighted by Gasteiger charge is 2.21. The molecule has 0 aliphatic carbocycles. The monoisotopic (exact) mass is 379 g/mol. The number of aryl methyl sites for hydroxylation is 1. The van der Waals surface area contributed by atoms with E-state index in [1.54, 1.807) is 25.5 Å². The lowest BCUT2D eigenvalue weighted by Gasteiger charge is -2.17. The molecule has 1 aromatic carbocycles. The maximum Gasteiger partial charge on any atom is 0.193 e. The van der Waals surface area contributed by atoms with E-state index in [1.165, 1.54) is 4.68 Å². The Hall–Kier alpha value is -3.33. The van der Waals surface area contributed by atoms with Crippen LogP contribution >= 0.6 is 0 Å². The summed E-state index contributed by atoms with van der Waals surface area (Å²) in [5.74, 6) is -0.230. The number of benzene rings is 1. The van der Waals surface area contributed by atoms with Gasteiger partial charge in [0.25, 0.3) is 0 Å². The SMILES string of the molecule is Cn1cc2cc(-c3ncc4nc(N5CC[C@H](N)C5)ccc4n3)c(O)c(F)c2n1. The molecule has 9 heteroatoms. The van der Waals surface area contributed by atoms with Gasteiger partial charge in [0.2, 0.25) is 0 Å². The van der Waals surface area contributed by atoms with Crippen LogP contribution in [0.4, 0.5) is 10.2 Å². The van der Waals surface area contributed by atoms with Crippen LogP contribution in [0.3, 0.4) is 0 Å². The average Bonchev–Trinajstić information content (AvgIpc) is 3.29. The molecule has 4 aromatic rings. The van der Waals surface area contributed by atoms with Crippen molar-refractivity contribution in [3.05, 3.63) is 36.4 Å². The molecule has 1 aliphatic heterocycles. The minimum atomic E-state index is -0.782. The van der Waals surface area contributed by atoms with Crippen molar-refractivity contribution in [2.45, 2.75) is 12.5 Å². The van der Waals surface area contributed by atoms with E-state index in [-0.39, 0.29) is 22.9 Å². The van der Waals surface area contributed by atoms with Gasteiger partial charge in [0.15, 0.2) is 17.4 Å². The number of aromatic nitrogens is 5. The number of nitrogens with zero attached hydrogens (tertiary/aromatic N) is 6. The molecule has 28 heavy (non-hydrogen) atoms.